The third-order valence-electron chi connectivity index (χ3n) is 3.72. The monoisotopic (exact) mass is 414 g/mol. The van der Waals surface area contributed by atoms with Crippen LogP contribution in [0.1, 0.15) is 47.1 Å². The minimum Gasteiger partial charge on any atom is -0.443 e. The summed E-state index contributed by atoms with van der Waals surface area (Å²) in [5.74, 6) is 0.722. The number of imide groups is 1. The number of carbonyl (C=O) groups excluding carboxylic acids is 2. The molecule has 0 unspecified atom stereocenters. The molecule has 1 N–H and O–H groups in total. The first kappa shape index (κ1) is 23.1. The van der Waals surface area contributed by atoms with Gasteiger partial charge in [0.2, 0.25) is 0 Å². The Morgan fingerprint density at radius 3 is 2.17 bits per heavy atom. The number of ether oxygens (including phenoxy) is 2. The van der Waals surface area contributed by atoms with E-state index in [4.69, 9.17) is 9.47 Å². The third kappa shape index (κ3) is 6.72. The van der Waals surface area contributed by atoms with Crippen LogP contribution >= 0.6 is 0 Å². The van der Waals surface area contributed by atoms with Gasteiger partial charge in [0.25, 0.3) is 0 Å². The Morgan fingerprint density at radius 1 is 1.03 bits per heavy atom. The van der Waals surface area contributed by atoms with Gasteiger partial charge in [-0.25, -0.2) is 24.5 Å². The second kappa shape index (κ2) is 9.11. The topological polar surface area (TPSA) is 93.7 Å². The molecule has 30 heavy (non-hydrogen) atoms. The summed E-state index contributed by atoms with van der Waals surface area (Å²) in [7, 11) is 1.80. The molecule has 0 saturated carbocycles. The molecule has 0 fully saturated rings. The molecule has 2 rings (SSSR count). The fourth-order valence-corrected chi connectivity index (χ4v) is 2.53. The van der Waals surface area contributed by atoms with Crippen molar-refractivity contribution in [2.24, 2.45) is 0 Å². The minimum atomic E-state index is -0.759. The second-order valence-corrected chi connectivity index (χ2v) is 8.72. The van der Waals surface area contributed by atoms with Crippen molar-refractivity contribution in [1.82, 2.24) is 14.9 Å². The second-order valence-electron chi connectivity index (χ2n) is 8.72. The van der Waals surface area contributed by atoms with Crippen LogP contribution in [-0.4, -0.2) is 51.8 Å². The van der Waals surface area contributed by atoms with Crippen LogP contribution in [-0.2, 0) is 9.47 Å². The zero-order chi connectivity index (χ0) is 22.5. The van der Waals surface area contributed by atoms with Gasteiger partial charge in [0.15, 0.2) is 0 Å². The van der Waals surface area contributed by atoms with E-state index in [-0.39, 0.29) is 6.54 Å². The Hall–Kier alpha value is -3.16. The molecule has 8 nitrogen and oxygen atoms in total. The number of benzene rings is 1. The van der Waals surface area contributed by atoms with Crippen molar-refractivity contribution < 1.29 is 19.1 Å². The van der Waals surface area contributed by atoms with Gasteiger partial charge in [0, 0.05) is 12.4 Å². The van der Waals surface area contributed by atoms with Crippen molar-refractivity contribution in [3.05, 3.63) is 36.2 Å². The number of nitrogens with one attached hydrogen (secondary N) is 1. The lowest BCUT2D eigenvalue weighted by Crippen LogP contribution is -2.43. The molecule has 0 bridgehead atoms. The largest absolute Gasteiger partial charge is 0.443 e. The Balaban J connectivity index is 2.23. The van der Waals surface area contributed by atoms with E-state index < -0.39 is 23.4 Å². The average Bonchev–Trinajstić information content (AvgIpc) is 2.61. The molecule has 2 aromatic rings. The molecule has 162 valence electrons. The molecule has 8 heteroatoms. The van der Waals surface area contributed by atoms with E-state index >= 15 is 0 Å². The molecule has 0 aliphatic carbocycles. The Morgan fingerprint density at radius 2 is 1.63 bits per heavy atom. The summed E-state index contributed by atoms with van der Waals surface area (Å²) in [6.45, 7) is 10.4. The summed E-state index contributed by atoms with van der Waals surface area (Å²) >= 11 is 0. The zero-order valence-electron chi connectivity index (χ0n) is 18.6. The molecule has 0 radical (unpaired) electrons. The number of hydrogen-bond acceptors (Lipinski definition) is 7. The standard InChI is InChI=1S/C22H30N4O4/c1-21(2,3)29-19(27)26(20(28)30-22(4,5)6)12-8-9-15-10-11-17-16(13-15)18(23-7)25-14-24-17/h8-11,13-14H,12H2,1-7H3,(H,23,24,25)/b9-8+. The van der Waals surface area contributed by atoms with Crippen molar-refractivity contribution in [2.45, 2.75) is 52.7 Å². The highest BCUT2D eigenvalue weighted by molar-refractivity contribution is 5.91. The third-order valence-corrected chi connectivity index (χ3v) is 3.72. The number of fused-ring (bicyclic) bond motifs is 1. The number of carbonyl (C=O) groups is 2. The summed E-state index contributed by atoms with van der Waals surface area (Å²) < 4.78 is 10.7. The number of rotatable bonds is 4. The summed E-state index contributed by atoms with van der Waals surface area (Å²) in [4.78, 5) is 34.5. The van der Waals surface area contributed by atoms with Crippen molar-refractivity contribution in [1.29, 1.82) is 0 Å². The molecule has 0 saturated heterocycles. The van der Waals surface area contributed by atoms with Crippen LogP contribution in [0.5, 0.6) is 0 Å². The molecule has 0 aliphatic rings. The lowest BCUT2D eigenvalue weighted by molar-refractivity contribution is 0.00377. The summed E-state index contributed by atoms with van der Waals surface area (Å²) in [5.41, 5.74) is 0.226. The first-order chi connectivity index (χ1) is 13.9. The number of nitrogens with zero attached hydrogens (tertiary/aromatic N) is 3. The van der Waals surface area contributed by atoms with Crippen molar-refractivity contribution in [2.75, 3.05) is 18.9 Å². The van der Waals surface area contributed by atoms with E-state index in [9.17, 15) is 9.59 Å². The Labute approximate surface area is 177 Å². The maximum absolute atomic E-state index is 12.5. The van der Waals surface area contributed by atoms with E-state index in [1.807, 2.05) is 24.3 Å². The van der Waals surface area contributed by atoms with Gasteiger partial charge in [0.1, 0.15) is 23.3 Å². The smallest absolute Gasteiger partial charge is 0.420 e. The zero-order valence-corrected chi connectivity index (χ0v) is 18.6. The van der Waals surface area contributed by atoms with Gasteiger partial charge in [-0.3, -0.25) is 0 Å². The molecular formula is C22H30N4O4. The van der Waals surface area contributed by atoms with Gasteiger partial charge < -0.3 is 14.8 Å². The van der Waals surface area contributed by atoms with Gasteiger partial charge in [-0.2, -0.15) is 0 Å². The van der Waals surface area contributed by atoms with Crippen LogP contribution in [0.25, 0.3) is 17.0 Å². The molecule has 1 aromatic heterocycles. The quantitative estimate of drug-likeness (QED) is 0.764. The van der Waals surface area contributed by atoms with Crippen LogP contribution in [0.2, 0.25) is 0 Å². The summed E-state index contributed by atoms with van der Waals surface area (Å²) in [6.07, 6.45) is 3.51. The number of anilines is 1. The van der Waals surface area contributed by atoms with Crippen LogP contribution in [0.3, 0.4) is 0 Å². The first-order valence-electron chi connectivity index (χ1n) is 9.72. The van der Waals surface area contributed by atoms with Gasteiger partial charge in [0.05, 0.1) is 12.1 Å². The molecule has 1 heterocycles. The van der Waals surface area contributed by atoms with E-state index in [2.05, 4.69) is 15.3 Å². The van der Waals surface area contributed by atoms with Gasteiger partial charge in [-0.15, -0.1) is 0 Å². The molecule has 0 spiro atoms. The predicted molar refractivity (Wildman–Crippen MR) is 117 cm³/mol. The maximum atomic E-state index is 12.5. The van der Waals surface area contributed by atoms with Crippen LogP contribution < -0.4 is 5.32 Å². The normalized spacial score (nSPS) is 12.1. The highest BCUT2D eigenvalue weighted by atomic mass is 16.6. The van der Waals surface area contributed by atoms with Gasteiger partial charge >= 0.3 is 12.2 Å². The van der Waals surface area contributed by atoms with Gasteiger partial charge in [-0.05, 0) is 59.2 Å². The summed E-state index contributed by atoms with van der Waals surface area (Å²) in [6, 6.07) is 5.72. The number of aromatic nitrogens is 2. The van der Waals surface area contributed by atoms with Crippen molar-refractivity contribution in [3.8, 4) is 0 Å². The molecule has 2 amide bonds. The van der Waals surface area contributed by atoms with E-state index in [1.165, 1.54) is 6.33 Å². The van der Waals surface area contributed by atoms with Crippen LogP contribution in [0.15, 0.2) is 30.6 Å². The molecule has 0 aliphatic heterocycles. The molecular weight excluding hydrogens is 384 g/mol. The van der Waals surface area contributed by atoms with Crippen LogP contribution in [0, 0.1) is 0 Å². The lowest BCUT2D eigenvalue weighted by Gasteiger charge is -2.28. The SMILES string of the molecule is CNc1ncnc2ccc(/C=C/CN(C(=O)OC(C)(C)C)C(=O)OC(C)(C)C)cc12. The highest BCUT2D eigenvalue weighted by Crippen LogP contribution is 2.21. The fourth-order valence-electron chi connectivity index (χ4n) is 2.53. The average molecular weight is 415 g/mol. The highest BCUT2D eigenvalue weighted by Gasteiger charge is 2.30. The minimum absolute atomic E-state index is 0.00599. The van der Waals surface area contributed by atoms with E-state index in [1.54, 1.807) is 54.7 Å². The summed E-state index contributed by atoms with van der Waals surface area (Å²) in [5, 5.41) is 3.91. The van der Waals surface area contributed by atoms with E-state index in [0.717, 1.165) is 27.2 Å². The Bertz CT molecular complexity index is 914. The fraction of sp³-hybridized carbons (Fsp3) is 0.455. The maximum Gasteiger partial charge on any atom is 0.420 e. The number of hydrogen-bond donors (Lipinski definition) is 1. The first-order valence-corrected chi connectivity index (χ1v) is 9.72. The molecule has 1 aromatic carbocycles. The van der Waals surface area contributed by atoms with Gasteiger partial charge in [-0.1, -0.05) is 18.2 Å². The number of amides is 2. The van der Waals surface area contributed by atoms with Crippen molar-refractivity contribution in [3.63, 3.8) is 0 Å². The molecule has 0 atom stereocenters. The Kier molecular flexibility index (Phi) is 7.02. The lowest BCUT2D eigenvalue weighted by atomic mass is 10.1. The van der Waals surface area contributed by atoms with E-state index in [0.29, 0.717) is 0 Å². The van der Waals surface area contributed by atoms with Crippen LogP contribution in [0.4, 0.5) is 15.4 Å². The van der Waals surface area contributed by atoms with Crippen molar-refractivity contribution >= 4 is 35.0 Å². The predicted octanol–water partition coefficient (Wildman–Crippen LogP) is 4.86.